The summed E-state index contributed by atoms with van der Waals surface area (Å²) >= 11 is 0. The molecule has 7 nitrogen and oxygen atoms in total. The topological polar surface area (TPSA) is 65.3 Å². The number of likely N-dealkylation sites (tertiary alicyclic amines) is 1. The highest BCUT2D eigenvalue weighted by Gasteiger charge is 2.28. The van der Waals surface area contributed by atoms with Crippen molar-refractivity contribution in [2.24, 2.45) is 0 Å². The Hall–Kier alpha value is -3.36. The molecule has 0 spiro atoms. The van der Waals surface area contributed by atoms with Gasteiger partial charge in [0.25, 0.3) is 0 Å². The number of hydrogen-bond donors (Lipinski definition) is 0. The van der Waals surface area contributed by atoms with Crippen molar-refractivity contribution >= 4 is 10.9 Å². The van der Waals surface area contributed by atoms with Crippen LogP contribution in [-0.2, 0) is 17.9 Å². The maximum atomic E-state index is 13.5. The van der Waals surface area contributed by atoms with E-state index in [-0.39, 0.29) is 11.9 Å². The first-order valence-corrected chi connectivity index (χ1v) is 13.1. The van der Waals surface area contributed by atoms with Crippen LogP contribution in [0.25, 0.3) is 10.9 Å². The number of nitrogens with zero attached hydrogens (tertiary/aromatic N) is 5. The molecule has 37 heavy (non-hydrogen) atoms. The van der Waals surface area contributed by atoms with Gasteiger partial charge in [-0.05, 0) is 51.4 Å². The van der Waals surface area contributed by atoms with Gasteiger partial charge in [-0.15, -0.1) is 0 Å². The minimum absolute atomic E-state index is 0.265. The summed E-state index contributed by atoms with van der Waals surface area (Å²) in [5.74, 6) is 1.78. The van der Waals surface area contributed by atoms with Gasteiger partial charge < -0.3 is 14.0 Å². The lowest BCUT2D eigenvalue weighted by atomic mass is 9.92. The molecule has 192 valence electrons. The van der Waals surface area contributed by atoms with E-state index in [0.29, 0.717) is 24.5 Å². The second kappa shape index (κ2) is 10.6. The Morgan fingerprint density at radius 2 is 1.95 bits per heavy atom. The number of pyridine rings is 2. The van der Waals surface area contributed by atoms with Gasteiger partial charge >= 0.3 is 0 Å². The number of piperidine rings is 1. The lowest BCUT2D eigenvalue weighted by Crippen LogP contribution is -2.37. The van der Waals surface area contributed by atoms with Gasteiger partial charge in [0, 0.05) is 47.6 Å². The molecule has 0 radical (unpaired) electrons. The first-order chi connectivity index (χ1) is 18.1. The van der Waals surface area contributed by atoms with E-state index in [1.165, 1.54) is 12.3 Å². The Morgan fingerprint density at radius 3 is 2.76 bits per heavy atom. The largest absolute Gasteiger partial charge is 0.473 e. The SMILES string of the molecule is C[C@@H](c1nccn1C[C@@H]1CCO1)N1CCC(c2cccc(OCc3cccc4cc(F)cnc34)n2)CC1. The van der Waals surface area contributed by atoms with Gasteiger partial charge in [-0.25, -0.2) is 14.4 Å². The van der Waals surface area contributed by atoms with E-state index >= 15 is 0 Å². The number of rotatable bonds is 8. The summed E-state index contributed by atoms with van der Waals surface area (Å²) in [6, 6.07) is 13.5. The third-order valence-corrected chi connectivity index (χ3v) is 7.69. The van der Waals surface area contributed by atoms with Gasteiger partial charge in [-0.2, -0.15) is 0 Å². The minimum Gasteiger partial charge on any atom is -0.473 e. The fraction of sp³-hybridized carbons (Fsp3) is 0.414. The van der Waals surface area contributed by atoms with Crippen LogP contribution in [-0.4, -0.2) is 50.2 Å². The van der Waals surface area contributed by atoms with E-state index in [9.17, 15) is 4.39 Å². The minimum atomic E-state index is -0.339. The zero-order valence-electron chi connectivity index (χ0n) is 21.1. The molecule has 0 N–H and O–H groups in total. The Kier molecular flexibility index (Phi) is 6.85. The summed E-state index contributed by atoms with van der Waals surface area (Å²) in [4.78, 5) is 16.3. The van der Waals surface area contributed by atoms with Crippen LogP contribution in [0.1, 0.15) is 55.2 Å². The number of benzene rings is 1. The van der Waals surface area contributed by atoms with Crippen molar-refractivity contribution in [2.75, 3.05) is 19.7 Å². The van der Waals surface area contributed by atoms with Gasteiger partial charge in [-0.1, -0.05) is 24.3 Å². The standard InChI is InChI=1S/C29H32FN5O2/c1-20(29-31-11-14-35(29)18-25-10-15-36-25)34-12-8-21(9-13-34)26-6-3-7-27(33-26)37-19-23-5-2-4-22-16-24(30)17-32-28(22)23/h2-7,11,14,16-17,20-21,25H,8-10,12-13,15,18-19H2,1H3/t20-,25-/m0/s1. The number of hydrogen-bond acceptors (Lipinski definition) is 6. The van der Waals surface area contributed by atoms with Crippen molar-refractivity contribution in [3.05, 3.63) is 84.0 Å². The zero-order valence-corrected chi connectivity index (χ0v) is 21.1. The van der Waals surface area contributed by atoms with Crippen molar-refractivity contribution in [3.8, 4) is 5.88 Å². The molecular formula is C29H32FN5O2. The van der Waals surface area contributed by atoms with Gasteiger partial charge in [0.15, 0.2) is 0 Å². The average molecular weight is 502 g/mol. The Morgan fingerprint density at radius 1 is 1.11 bits per heavy atom. The molecule has 0 aliphatic carbocycles. The normalized spacial score (nSPS) is 19.6. The molecular weight excluding hydrogens is 469 g/mol. The van der Waals surface area contributed by atoms with Gasteiger partial charge in [0.1, 0.15) is 18.2 Å². The van der Waals surface area contributed by atoms with Gasteiger partial charge in [0.05, 0.1) is 30.4 Å². The van der Waals surface area contributed by atoms with Crippen LogP contribution >= 0.6 is 0 Å². The van der Waals surface area contributed by atoms with Crippen molar-refractivity contribution in [1.82, 2.24) is 24.4 Å². The molecule has 6 rings (SSSR count). The highest BCUT2D eigenvalue weighted by Crippen LogP contribution is 2.32. The van der Waals surface area contributed by atoms with Crippen LogP contribution in [0.15, 0.2) is 61.1 Å². The van der Waals surface area contributed by atoms with E-state index in [1.54, 1.807) is 0 Å². The molecule has 1 aromatic carbocycles. The van der Waals surface area contributed by atoms with Crippen molar-refractivity contribution in [1.29, 1.82) is 0 Å². The van der Waals surface area contributed by atoms with Crippen LogP contribution in [0.4, 0.5) is 4.39 Å². The van der Waals surface area contributed by atoms with E-state index in [2.05, 4.69) is 38.6 Å². The fourth-order valence-corrected chi connectivity index (χ4v) is 5.44. The molecule has 2 atom stereocenters. The molecule has 2 saturated heterocycles. The number of ether oxygens (including phenoxy) is 2. The van der Waals surface area contributed by atoms with E-state index < -0.39 is 0 Å². The average Bonchev–Trinajstić information content (AvgIpc) is 3.37. The first kappa shape index (κ1) is 24.0. The fourth-order valence-electron chi connectivity index (χ4n) is 5.44. The first-order valence-electron chi connectivity index (χ1n) is 13.1. The number of halogens is 1. The molecule has 2 aliphatic rings. The number of imidazole rings is 1. The molecule has 4 aromatic rings. The molecule has 2 aliphatic heterocycles. The van der Waals surface area contributed by atoms with Crippen molar-refractivity contribution in [2.45, 2.75) is 57.4 Å². The smallest absolute Gasteiger partial charge is 0.213 e. The predicted octanol–water partition coefficient (Wildman–Crippen LogP) is 5.27. The van der Waals surface area contributed by atoms with Gasteiger partial charge in [-0.3, -0.25) is 9.88 Å². The van der Waals surface area contributed by atoms with Gasteiger partial charge in [0.2, 0.25) is 5.88 Å². The number of para-hydroxylation sites is 1. The highest BCUT2D eigenvalue weighted by molar-refractivity contribution is 5.81. The maximum Gasteiger partial charge on any atom is 0.213 e. The van der Waals surface area contributed by atoms with E-state index in [4.69, 9.17) is 14.5 Å². The quantitative estimate of drug-likeness (QED) is 0.328. The summed E-state index contributed by atoms with van der Waals surface area (Å²) in [6.45, 7) is 6.36. The molecule has 0 bridgehead atoms. The second-order valence-electron chi connectivity index (χ2n) is 10.0. The molecule has 3 aromatic heterocycles. The molecule has 0 unspecified atom stereocenters. The lowest BCUT2D eigenvalue weighted by molar-refractivity contribution is -0.0600. The molecule has 5 heterocycles. The van der Waals surface area contributed by atoms with E-state index in [0.717, 1.165) is 73.5 Å². The lowest BCUT2D eigenvalue weighted by Gasteiger charge is -2.36. The third-order valence-electron chi connectivity index (χ3n) is 7.69. The summed E-state index contributed by atoms with van der Waals surface area (Å²) < 4.78 is 27.5. The molecule has 0 amide bonds. The third kappa shape index (κ3) is 5.22. The number of fused-ring (bicyclic) bond motifs is 1. The van der Waals surface area contributed by atoms with Crippen LogP contribution in [0.2, 0.25) is 0 Å². The van der Waals surface area contributed by atoms with Crippen LogP contribution in [0.3, 0.4) is 0 Å². The molecule has 0 saturated carbocycles. The van der Waals surface area contributed by atoms with E-state index in [1.807, 2.05) is 36.5 Å². The Balaban J connectivity index is 1.07. The Labute approximate surface area is 216 Å². The summed E-state index contributed by atoms with van der Waals surface area (Å²) in [5, 5.41) is 0.766. The highest BCUT2D eigenvalue weighted by atomic mass is 19.1. The number of aromatic nitrogens is 4. The van der Waals surface area contributed by atoms with Crippen LogP contribution in [0.5, 0.6) is 5.88 Å². The monoisotopic (exact) mass is 501 g/mol. The van der Waals surface area contributed by atoms with Crippen molar-refractivity contribution < 1.29 is 13.9 Å². The summed E-state index contributed by atoms with van der Waals surface area (Å²) in [6.07, 6.45) is 8.77. The zero-order chi connectivity index (χ0) is 25.2. The summed E-state index contributed by atoms with van der Waals surface area (Å²) in [7, 11) is 0. The second-order valence-corrected chi connectivity index (χ2v) is 10.0. The predicted molar refractivity (Wildman–Crippen MR) is 139 cm³/mol. The Bertz CT molecular complexity index is 1360. The molecule has 8 heteroatoms. The maximum absolute atomic E-state index is 13.5. The van der Waals surface area contributed by atoms with Crippen LogP contribution in [0, 0.1) is 5.82 Å². The summed E-state index contributed by atoms with van der Waals surface area (Å²) in [5.41, 5.74) is 2.74. The van der Waals surface area contributed by atoms with Crippen molar-refractivity contribution in [3.63, 3.8) is 0 Å². The molecule has 2 fully saturated rings. The van der Waals surface area contributed by atoms with Crippen LogP contribution < -0.4 is 4.74 Å².